The predicted molar refractivity (Wildman–Crippen MR) is 95.1 cm³/mol. The van der Waals surface area contributed by atoms with Gasteiger partial charge in [0.1, 0.15) is 11.5 Å². The Labute approximate surface area is 152 Å². The molecule has 2 aromatic rings. The van der Waals surface area contributed by atoms with Crippen molar-refractivity contribution in [3.63, 3.8) is 0 Å². The summed E-state index contributed by atoms with van der Waals surface area (Å²) in [5.41, 5.74) is 1.17. The third kappa shape index (κ3) is 3.48. The molecule has 1 aliphatic heterocycles. The molecule has 1 aliphatic rings. The van der Waals surface area contributed by atoms with Crippen LogP contribution in [0.4, 0.5) is 0 Å². The number of amides is 1. The van der Waals surface area contributed by atoms with Crippen LogP contribution >= 0.6 is 0 Å². The highest BCUT2D eigenvalue weighted by Crippen LogP contribution is 2.29. The molecule has 0 N–H and O–H groups in total. The Kier molecular flexibility index (Phi) is 5.08. The molecule has 1 atom stereocenters. The van der Waals surface area contributed by atoms with Gasteiger partial charge in [0.25, 0.3) is 15.9 Å². The summed E-state index contributed by atoms with van der Waals surface area (Å²) in [6, 6.07) is 15.6. The molecular weight excluding hydrogens is 354 g/mol. The van der Waals surface area contributed by atoms with Crippen LogP contribution in [0.15, 0.2) is 59.5 Å². The van der Waals surface area contributed by atoms with Gasteiger partial charge < -0.3 is 4.74 Å². The van der Waals surface area contributed by atoms with Crippen LogP contribution in [-0.4, -0.2) is 37.8 Å². The van der Waals surface area contributed by atoms with Crippen molar-refractivity contribution in [1.82, 2.24) is 4.31 Å². The minimum absolute atomic E-state index is 0.00553. The number of rotatable bonds is 6. The highest BCUT2D eigenvalue weighted by atomic mass is 32.2. The van der Waals surface area contributed by atoms with E-state index in [-0.39, 0.29) is 35.9 Å². The van der Waals surface area contributed by atoms with E-state index in [0.717, 1.165) is 9.87 Å². The number of nitrogens with zero attached hydrogens (tertiary/aromatic N) is 1. The van der Waals surface area contributed by atoms with E-state index in [4.69, 9.17) is 4.74 Å². The normalized spacial score (nSPS) is 16.2. The van der Waals surface area contributed by atoms with Crippen LogP contribution in [-0.2, 0) is 19.6 Å². The third-order valence-corrected chi connectivity index (χ3v) is 6.15. The number of fused-ring (bicyclic) bond motifs is 1. The summed E-state index contributed by atoms with van der Waals surface area (Å²) >= 11 is 0. The second kappa shape index (κ2) is 7.29. The minimum atomic E-state index is -3.87. The van der Waals surface area contributed by atoms with Gasteiger partial charge in [-0.05, 0) is 23.6 Å². The fraction of sp³-hybridized carbons (Fsp3) is 0.263. The lowest BCUT2D eigenvalue weighted by molar-refractivity contribution is -0.144. The number of hydrogen-bond donors (Lipinski definition) is 0. The summed E-state index contributed by atoms with van der Waals surface area (Å²) in [5, 5.41) is 0. The maximum absolute atomic E-state index is 12.4. The predicted octanol–water partition coefficient (Wildman–Crippen LogP) is 2.57. The van der Waals surface area contributed by atoms with Gasteiger partial charge in [-0.15, -0.1) is 0 Å². The van der Waals surface area contributed by atoms with Crippen LogP contribution in [0.1, 0.15) is 35.2 Å². The van der Waals surface area contributed by atoms with E-state index in [1.165, 1.54) is 12.1 Å². The van der Waals surface area contributed by atoms with Gasteiger partial charge in [-0.2, -0.15) is 0 Å². The fourth-order valence-corrected chi connectivity index (χ4v) is 4.46. The van der Waals surface area contributed by atoms with Crippen molar-refractivity contribution in [3.05, 3.63) is 65.7 Å². The largest absolute Gasteiger partial charge is 0.464 e. The van der Waals surface area contributed by atoms with Gasteiger partial charge in [-0.25, -0.2) is 12.7 Å². The van der Waals surface area contributed by atoms with Crippen LogP contribution in [0.5, 0.6) is 0 Å². The average molecular weight is 373 g/mol. The summed E-state index contributed by atoms with van der Waals surface area (Å²) in [7, 11) is -3.87. The second-order valence-corrected chi connectivity index (χ2v) is 7.95. The van der Waals surface area contributed by atoms with Gasteiger partial charge in [0, 0.05) is 0 Å². The fourth-order valence-electron chi connectivity index (χ4n) is 2.90. The van der Waals surface area contributed by atoms with Crippen LogP contribution in [0.3, 0.4) is 0 Å². The average Bonchev–Trinajstić information content (AvgIpc) is 2.83. The quantitative estimate of drug-likeness (QED) is 0.727. The molecule has 0 unspecified atom stereocenters. The van der Waals surface area contributed by atoms with E-state index < -0.39 is 21.9 Å². The van der Waals surface area contributed by atoms with Crippen LogP contribution in [0.2, 0.25) is 0 Å². The Hall–Kier alpha value is -2.67. The third-order valence-electron chi connectivity index (χ3n) is 4.31. The maximum atomic E-state index is 12.4. The van der Waals surface area contributed by atoms with Gasteiger partial charge >= 0.3 is 5.97 Å². The molecule has 26 heavy (non-hydrogen) atoms. The van der Waals surface area contributed by atoms with E-state index in [2.05, 4.69) is 0 Å². The summed E-state index contributed by atoms with van der Waals surface area (Å²) < 4.78 is 30.7. The number of sulfonamides is 1. The molecule has 7 heteroatoms. The summed E-state index contributed by atoms with van der Waals surface area (Å²) in [6.45, 7) is 1.56. The first kappa shape index (κ1) is 18.1. The van der Waals surface area contributed by atoms with Crippen molar-refractivity contribution in [3.8, 4) is 0 Å². The first-order valence-corrected chi connectivity index (χ1v) is 9.72. The van der Waals surface area contributed by atoms with Gasteiger partial charge in [-0.3, -0.25) is 9.59 Å². The van der Waals surface area contributed by atoms with Crippen molar-refractivity contribution in [2.24, 2.45) is 0 Å². The summed E-state index contributed by atoms with van der Waals surface area (Å²) in [5.74, 6) is -1.03. The first-order valence-electron chi connectivity index (χ1n) is 8.28. The van der Waals surface area contributed by atoms with Crippen molar-refractivity contribution in [2.45, 2.75) is 24.2 Å². The zero-order valence-electron chi connectivity index (χ0n) is 14.3. The molecule has 136 valence electrons. The highest BCUT2D eigenvalue weighted by Gasteiger charge is 2.40. The van der Waals surface area contributed by atoms with Crippen molar-refractivity contribution >= 4 is 21.9 Å². The van der Waals surface area contributed by atoms with Gasteiger partial charge in [-0.1, -0.05) is 49.4 Å². The molecule has 0 saturated heterocycles. The van der Waals surface area contributed by atoms with E-state index in [0.29, 0.717) is 0 Å². The van der Waals surface area contributed by atoms with E-state index in [9.17, 15) is 18.0 Å². The molecule has 1 amide bonds. The lowest BCUT2D eigenvalue weighted by Gasteiger charge is -2.16. The molecule has 0 aliphatic carbocycles. The molecule has 0 fully saturated rings. The van der Waals surface area contributed by atoms with Crippen molar-refractivity contribution in [1.29, 1.82) is 0 Å². The van der Waals surface area contributed by atoms with Crippen LogP contribution in [0.25, 0.3) is 0 Å². The highest BCUT2D eigenvalue weighted by molar-refractivity contribution is 7.90. The Morgan fingerprint density at radius 3 is 2.42 bits per heavy atom. The number of hydrogen-bond acceptors (Lipinski definition) is 5. The molecule has 1 heterocycles. The number of carbonyl (C=O) groups excluding carboxylic acids is 2. The first-order chi connectivity index (χ1) is 12.4. The Morgan fingerprint density at radius 2 is 1.73 bits per heavy atom. The van der Waals surface area contributed by atoms with E-state index in [1.807, 2.05) is 37.3 Å². The zero-order valence-corrected chi connectivity index (χ0v) is 15.1. The SMILES string of the molecule is C[C@H](CC(=O)OCCN1C(=O)c2ccccc2S1(=O)=O)c1ccccc1. The zero-order chi connectivity index (χ0) is 18.7. The molecule has 6 nitrogen and oxygen atoms in total. The Balaban J connectivity index is 1.56. The molecule has 2 aromatic carbocycles. The number of ether oxygens (including phenoxy) is 1. The lowest BCUT2D eigenvalue weighted by Crippen LogP contribution is -2.33. The Bertz CT molecular complexity index is 924. The van der Waals surface area contributed by atoms with E-state index in [1.54, 1.807) is 12.1 Å². The van der Waals surface area contributed by atoms with Crippen molar-refractivity contribution < 1.29 is 22.7 Å². The number of carbonyl (C=O) groups is 2. The Morgan fingerprint density at radius 1 is 1.08 bits per heavy atom. The smallest absolute Gasteiger partial charge is 0.306 e. The molecule has 0 spiro atoms. The van der Waals surface area contributed by atoms with Crippen LogP contribution in [0, 0.1) is 0 Å². The number of esters is 1. The molecule has 0 aromatic heterocycles. The van der Waals surface area contributed by atoms with Gasteiger partial charge in [0.15, 0.2) is 0 Å². The molecule has 0 bridgehead atoms. The van der Waals surface area contributed by atoms with Gasteiger partial charge in [0.2, 0.25) is 0 Å². The standard InChI is InChI=1S/C19H19NO5S/c1-14(15-7-3-2-4-8-15)13-18(21)25-12-11-20-19(22)16-9-5-6-10-17(16)26(20,23)24/h2-10,14H,11-13H2,1H3/t14-/m1/s1. The summed E-state index contributed by atoms with van der Waals surface area (Å²) in [6.07, 6.45) is 0.185. The molecular formula is C19H19NO5S. The second-order valence-electron chi connectivity index (χ2n) is 6.11. The maximum Gasteiger partial charge on any atom is 0.306 e. The molecule has 0 radical (unpaired) electrons. The number of benzene rings is 2. The minimum Gasteiger partial charge on any atom is -0.464 e. The molecule has 3 rings (SSSR count). The monoisotopic (exact) mass is 373 g/mol. The summed E-state index contributed by atoms with van der Waals surface area (Å²) in [4.78, 5) is 24.2. The lowest BCUT2D eigenvalue weighted by atomic mass is 9.98. The topological polar surface area (TPSA) is 80.8 Å². The van der Waals surface area contributed by atoms with E-state index >= 15 is 0 Å². The molecule has 0 saturated carbocycles. The van der Waals surface area contributed by atoms with Crippen LogP contribution < -0.4 is 0 Å². The van der Waals surface area contributed by atoms with Gasteiger partial charge in [0.05, 0.1) is 18.5 Å². The van der Waals surface area contributed by atoms with Crippen molar-refractivity contribution in [2.75, 3.05) is 13.2 Å².